The van der Waals surface area contributed by atoms with Gasteiger partial charge in [-0.1, -0.05) is 0 Å². The number of aromatic amines is 1. The second kappa shape index (κ2) is 5.34. The topological polar surface area (TPSA) is 133 Å². The number of phenolic OH excluding ortho intramolecular Hbond substituents is 1. The molecule has 0 aliphatic rings. The zero-order valence-electron chi connectivity index (χ0n) is 11.5. The first-order valence-corrected chi connectivity index (χ1v) is 6.44. The Hall–Kier alpha value is -3.55. The summed E-state index contributed by atoms with van der Waals surface area (Å²) < 4.78 is 5.46. The summed E-state index contributed by atoms with van der Waals surface area (Å²) in [5.74, 6) is -0.165. The van der Waals surface area contributed by atoms with Gasteiger partial charge in [0, 0.05) is 23.9 Å². The van der Waals surface area contributed by atoms with E-state index in [9.17, 15) is 19.5 Å². The third kappa shape index (κ3) is 2.64. The lowest BCUT2D eigenvalue weighted by Crippen LogP contribution is -2.12. The number of benzene rings is 1. The van der Waals surface area contributed by atoms with Crippen molar-refractivity contribution in [1.82, 2.24) is 4.98 Å². The highest BCUT2D eigenvalue weighted by atomic mass is 16.4. The molecule has 3 aromatic rings. The standard InChI is InChI=1S/C15H10N2O6/c18-7-1-2-8(10(5-7)17-15(21)22)12-6-11(19)9-3-4-16-14(20)13(9)23-12/h1-6,17-18H,(H,16,20)(H,21,22). The molecule has 1 aromatic carbocycles. The minimum absolute atomic E-state index is 0.00273. The van der Waals surface area contributed by atoms with Crippen LogP contribution in [0.4, 0.5) is 10.5 Å². The van der Waals surface area contributed by atoms with Crippen LogP contribution < -0.4 is 16.3 Å². The van der Waals surface area contributed by atoms with E-state index in [1.54, 1.807) is 0 Å². The lowest BCUT2D eigenvalue weighted by Gasteiger charge is -2.09. The van der Waals surface area contributed by atoms with Crippen molar-refractivity contribution in [2.75, 3.05) is 5.32 Å². The first kappa shape index (κ1) is 14.4. The quantitative estimate of drug-likeness (QED) is 0.571. The number of carbonyl (C=O) groups is 1. The smallest absolute Gasteiger partial charge is 0.409 e. The van der Waals surface area contributed by atoms with Gasteiger partial charge < -0.3 is 19.6 Å². The number of rotatable bonds is 2. The highest BCUT2D eigenvalue weighted by molar-refractivity contribution is 5.90. The number of anilines is 1. The molecule has 1 amide bonds. The summed E-state index contributed by atoms with van der Waals surface area (Å²) in [6.07, 6.45) is -0.0167. The number of fused-ring (bicyclic) bond motifs is 1. The van der Waals surface area contributed by atoms with Crippen LogP contribution in [0.25, 0.3) is 22.3 Å². The Balaban J connectivity index is 2.29. The first-order chi connectivity index (χ1) is 11.0. The molecule has 2 aromatic heterocycles. The predicted molar refractivity (Wildman–Crippen MR) is 81.9 cm³/mol. The third-order valence-electron chi connectivity index (χ3n) is 3.17. The van der Waals surface area contributed by atoms with Crippen LogP contribution in [0.5, 0.6) is 5.75 Å². The summed E-state index contributed by atoms with van der Waals surface area (Å²) in [6, 6.07) is 6.42. The molecule has 116 valence electrons. The lowest BCUT2D eigenvalue weighted by molar-refractivity contribution is 0.210. The summed E-state index contributed by atoms with van der Waals surface area (Å²) in [7, 11) is 0. The van der Waals surface area contributed by atoms with Crippen molar-refractivity contribution in [1.29, 1.82) is 0 Å². The van der Waals surface area contributed by atoms with Crippen molar-refractivity contribution in [3.8, 4) is 17.1 Å². The highest BCUT2D eigenvalue weighted by Crippen LogP contribution is 2.31. The van der Waals surface area contributed by atoms with Crippen LogP contribution in [0.1, 0.15) is 0 Å². The van der Waals surface area contributed by atoms with Gasteiger partial charge in [0.25, 0.3) is 5.56 Å². The Bertz CT molecular complexity index is 1030. The van der Waals surface area contributed by atoms with Gasteiger partial charge in [0.05, 0.1) is 11.1 Å². The molecule has 3 rings (SSSR count). The Morgan fingerprint density at radius 3 is 2.70 bits per heavy atom. The maximum Gasteiger partial charge on any atom is 0.409 e. The fraction of sp³-hybridized carbons (Fsp3) is 0. The van der Waals surface area contributed by atoms with Crippen molar-refractivity contribution >= 4 is 22.7 Å². The van der Waals surface area contributed by atoms with Gasteiger partial charge in [0.2, 0.25) is 5.58 Å². The van der Waals surface area contributed by atoms with Crippen LogP contribution >= 0.6 is 0 Å². The average molecular weight is 314 g/mol. The van der Waals surface area contributed by atoms with Gasteiger partial charge in [0.15, 0.2) is 5.43 Å². The number of aromatic nitrogens is 1. The molecule has 0 radical (unpaired) electrons. The number of carboxylic acid groups (broad SMARTS) is 1. The summed E-state index contributed by atoms with van der Waals surface area (Å²) in [5.41, 5.74) is -0.946. The second-order valence-corrected chi connectivity index (χ2v) is 4.68. The lowest BCUT2D eigenvalue weighted by atomic mass is 10.1. The van der Waals surface area contributed by atoms with E-state index in [0.29, 0.717) is 0 Å². The normalized spacial score (nSPS) is 10.6. The van der Waals surface area contributed by atoms with E-state index in [0.717, 1.165) is 6.07 Å². The van der Waals surface area contributed by atoms with Crippen LogP contribution in [-0.4, -0.2) is 21.3 Å². The van der Waals surface area contributed by atoms with Crippen LogP contribution in [0.3, 0.4) is 0 Å². The maximum atomic E-state index is 12.1. The monoisotopic (exact) mass is 314 g/mol. The number of aromatic hydroxyl groups is 1. The molecular formula is C15H10N2O6. The Kier molecular flexibility index (Phi) is 3.34. The van der Waals surface area contributed by atoms with E-state index in [-0.39, 0.29) is 33.7 Å². The molecule has 0 aliphatic carbocycles. The molecule has 8 nitrogen and oxygen atoms in total. The summed E-state index contributed by atoms with van der Waals surface area (Å²) in [6.45, 7) is 0. The molecule has 2 heterocycles. The zero-order chi connectivity index (χ0) is 16.6. The van der Waals surface area contributed by atoms with Gasteiger partial charge in [0.1, 0.15) is 11.5 Å². The molecule has 0 saturated heterocycles. The molecule has 0 unspecified atom stereocenters. The van der Waals surface area contributed by atoms with Crippen molar-refractivity contribution in [2.45, 2.75) is 0 Å². The Morgan fingerprint density at radius 2 is 1.96 bits per heavy atom. The third-order valence-corrected chi connectivity index (χ3v) is 3.17. The predicted octanol–water partition coefficient (Wildman–Crippen LogP) is 1.94. The fourth-order valence-corrected chi connectivity index (χ4v) is 2.19. The van der Waals surface area contributed by atoms with Gasteiger partial charge in [-0.2, -0.15) is 0 Å². The number of pyridine rings is 1. The minimum Gasteiger partial charge on any atom is -0.508 e. The van der Waals surface area contributed by atoms with Crippen molar-refractivity contribution in [2.24, 2.45) is 0 Å². The van der Waals surface area contributed by atoms with E-state index in [4.69, 9.17) is 9.52 Å². The largest absolute Gasteiger partial charge is 0.508 e. The Morgan fingerprint density at radius 1 is 1.17 bits per heavy atom. The molecule has 23 heavy (non-hydrogen) atoms. The Labute approximate surface area is 127 Å². The highest BCUT2D eigenvalue weighted by Gasteiger charge is 2.14. The molecular weight excluding hydrogens is 304 g/mol. The number of hydrogen-bond acceptors (Lipinski definition) is 5. The maximum absolute atomic E-state index is 12.1. The number of phenols is 1. The van der Waals surface area contributed by atoms with Crippen LogP contribution in [-0.2, 0) is 0 Å². The van der Waals surface area contributed by atoms with E-state index < -0.39 is 17.1 Å². The van der Waals surface area contributed by atoms with Crippen LogP contribution in [0.2, 0.25) is 0 Å². The van der Waals surface area contributed by atoms with Crippen molar-refractivity contribution < 1.29 is 19.4 Å². The first-order valence-electron chi connectivity index (χ1n) is 6.44. The number of H-pyrrole nitrogens is 1. The molecule has 0 saturated carbocycles. The molecule has 0 atom stereocenters. The number of amides is 1. The van der Waals surface area contributed by atoms with E-state index >= 15 is 0 Å². The zero-order valence-corrected chi connectivity index (χ0v) is 11.5. The summed E-state index contributed by atoms with van der Waals surface area (Å²) >= 11 is 0. The minimum atomic E-state index is -1.35. The number of nitrogens with one attached hydrogen (secondary N) is 2. The molecule has 0 fully saturated rings. The van der Waals surface area contributed by atoms with E-state index in [1.807, 2.05) is 0 Å². The van der Waals surface area contributed by atoms with E-state index in [2.05, 4.69) is 10.3 Å². The molecule has 0 spiro atoms. The molecule has 0 aliphatic heterocycles. The molecule has 0 bridgehead atoms. The molecule has 8 heteroatoms. The second-order valence-electron chi connectivity index (χ2n) is 4.68. The fourth-order valence-electron chi connectivity index (χ4n) is 2.19. The average Bonchev–Trinajstić information content (AvgIpc) is 2.48. The van der Waals surface area contributed by atoms with Gasteiger partial charge in [-0.3, -0.25) is 14.9 Å². The van der Waals surface area contributed by atoms with Crippen LogP contribution in [0, 0.1) is 0 Å². The van der Waals surface area contributed by atoms with Crippen molar-refractivity contribution in [3.05, 3.63) is 57.1 Å². The summed E-state index contributed by atoms with van der Waals surface area (Å²) in [5, 5.41) is 20.6. The van der Waals surface area contributed by atoms with Gasteiger partial charge in [-0.05, 0) is 18.2 Å². The summed E-state index contributed by atoms with van der Waals surface area (Å²) in [4.78, 5) is 37.2. The van der Waals surface area contributed by atoms with Gasteiger partial charge >= 0.3 is 6.09 Å². The molecule has 4 N–H and O–H groups in total. The van der Waals surface area contributed by atoms with Gasteiger partial charge in [-0.25, -0.2) is 4.79 Å². The SMILES string of the molecule is O=C(O)Nc1cc(O)ccc1-c1cc(=O)c2cc[nH]c(=O)c2o1. The number of hydrogen-bond donors (Lipinski definition) is 4. The van der Waals surface area contributed by atoms with E-state index in [1.165, 1.54) is 30.5 Å². The van der Waals surface area contributed by atoms with Gasteiger partial charge in [-0.15, -0.1) is 0 Å². The van der Waals surface area contributed by atoms with Crippen LogP contribution in [0.15, 0.2) is 50.5 Å². The van der Waals surface area contributed by atoms with Crippen molar-refractivity contribution in [3.63, 3.8) is 0 Å².